The highest BCUT2D eigenvalue weighted by molar-refractivity contribution is 6.55. The number of esters is 4. The molecule has 2 aliphatic heterocycles. The summed E-state index contributed by atoms with van der Waals surface area (Å²) in [5, 5.41) is 11.8. The van der Waals surface area contributed by atoms with Crippen molar-refractivity contribution in [3.05, 3.63) is 59.8 Å². The molecular weight excluding hydrogens is 564 g/mol. The normalized spacial score (nSPS) is 22.8. The quantitative estimate of drug-likeness (QED) is 0.316. The van der Waals surface area contributed by atoms with Crippen LogP contribution in [0, 0.1) is 0 Å². The molecule has 0 unspecified atom stereocenters. The minimum Gasteiger partial charge on any atom is -0.505 e. The van der Waals surface area contributed by atoms with Crippen LogP contribution in [0.1, 0.15) is 50.0 Å². The topological polar surface area (TPSA) is 169 Å². The summed E-state index contributed by atoms with van der Waals surface area (Å²) in [6, 6.07) is 13.3. The van der Waals surface area contributed by atoms with Crippen molar-refractivity contribution >= 4 is 52.0 Å². The number of ketones is 1. The number of rotatable bonds is 7. The lowest BCUT2D eigenvalue weighted by molar-refractivity contribution is -0.267. The summed E-state index contributed by atoms with van der Waals surface area (Å²) in [6.45, 7) is 4.09. The Bertz CT molecular complexity index is 1670. The van der Waals surface area contributed by atoms with Crippen molar-refractivity contribution in [1.29, 1.82) is 0 Å². The van der Waals surface area contributed by atoms with Gasteiger partial charge in [0, 0.05) is 38.6 Å². The highest BCUT2D eigenvalue weighted by Gasteiger charge is 2.54. The molecule has 1 N–H and O–H groups in total. The van der Waals surface area contributed by atoms with Gasteiger partial charge in [-0.15, -0.1) is 0 Å². The van der Waals surface area contributed by atoms with Crippen LogP contribution in [0.2, 0.25) is 0 Å². The molecule has 5 rings (SSSR count). The number of aliphatic imine (C=N–C) groups is 1. The van der Waals surface area contributed by atoms with Crippen LogP contribution >= 0.6 is 0 Å². The van der Waals surface area contributed by atoms with E-state index in [1.165, 1.54) is 11.5 Å². The Morgan fingerprint density at radius 2 is 1.44 bits per heavy atom. The Morgan fingerprint density at radius 1 is 0.837 bits per heavy atom. The van der Waals surface area contributed by atoms with E-state index in [0.29, 0.717) is 22.2 Å². The predicted octanol–water partition coefficient (Wildman–Crippen LogP) is 2.92. The molecule has 3 aromatic rings. The van der Waals surface area contributed by atoms with Gasteiger partial charge in [0.1, 0.15) is 24.1 Å². The molecule has 3 heterocycles. The first kappa shape index (κ1) is 29.5. The number of fused-ring (bicyclic) bond motifs is 2. The van der Waals surface area contributed by atoms with Gasteiger partial charge in [-0.25, -0.2) is 4.99 Å². The number of aromatic hydroxyl groups is 1. The lowest BCUT2D eigenvalue weighted by Gasteiger charge is -2.45. The number of hydrogen-bond donors (Lipinski definition) is 1. The molecule has 1 fully saturated rings. The molecule has 0 bridgehead atoms. The molecule has 0 saturated carbocycles. The monoisotopic (exact) mass is 592 g/mol. The van der Waals surface area contributed by atoms with Crippen molar-refractivity contribution in [2.24, 2.45) is 4.99 Å². The van der Waals surface area contributed by atoms with Crippen LogP contribution in [0.4, 0.5) is 5.69 Å². The lowest BCUT2D eigenvalue weighted by atomic mass is 9.96. The number of carbonyl (C=O) groups excluding carboxylic acids is 5. The first-order chi connectivity index (χ1) is 20.5. The van der Waals surface area contributed by atoms with Gasteiger partial charge in [-0.3, -0.25) is 24.0 Å². The van der Waals surface area contributed by atoms with Crippen molar-refractivity contribution < 1.29 is 52.8 Å². The maximum Gasteiger partial charge on any atom is 0.303 e. The number of Topliss-reactive ketones (excluding diaryl/α,β-unsaturated/α-hetero) is 1. The fraction of sp³-hybridized carbons (Fsp3) is 0.333. The fourth-order valence-electron chi connectivity index (χ4n) is 5.37. The second-order valence-corrected chi connectivity index (χ2v) is 9.98. The van der Waals surface area contributed by atoms with E-state index in [2.05, 4.69) is 4.99 Å². The first-order valence-electron chi connectivity index (χ1n) is 13.3. The number of para-hydroxylation sites is 2. The zero-order valence-corrected chi connectivity index (χ0v) is 23.6. The molecule has 1 aromatic heterocycles. The van der Waals surface area contributed by atoms with Crippen molar-refractivity contribution in [1.82, 2.24) is 4.57 Å². The minimum atomic E-state index is -1.48. The largest absolute Gasteiger partial charge is 0.505 e. The van der Waals surface area contributed by atoms with E-state index >= 15 is 0 Å². The fourth-order valence-corrected chi connectivity index (χ4v) is 5.37. The van der Waals surface area contributed by atoms with E-state index in [4.69, 9.17) is 23.7 Å². The van der Waals surface area contributed by atoms with E-state index in [-0.39, 0.29) is 17.2 Å². The summed E-state index contributed by atoms with van der Waals surface area (Å²) in [5.74, 6) is -3.80. The zero-order chi connectivity index (χ0) is 31.0. The summed E-state index contributed by atoms with van der Waals surface area (Å²) < 4.78 is 29.7. The number of hydrogen-bond acceptors (Lipinski definition) is 12. The van der Waals surface area contributed by atoms with Gasteiger partial charge >= 0.3 is 23.9 Å². The van der Waals surface area contributed by atoms with E-state index < -0.39 is 66.9 Å². The van der Waals surface area contributed by atoms with Gasteiger partial charge in [-0.1, -0.05) is 24.3 Å². The second-order valence-electron chi connectivity index (χ2n) is 9.98. The molecule has 0 amide bonds. The first-order valence-corrected chi connectivity index (χ1v) is 13.3. The molecule has 2 aliphatic rings. The van der Waals surface area contributed by atoms with Crippen LogP contribution in [0.25, 0.3) is 10.9 Å². The smallest absolute Gasteiger partial charge is 0.303 e. The van der Waals surface area contributed by atoms with Crippen LogP contribution in [0.3, 0.4) is 0 Å². The van der Waals surface area contributed by atoms with Crippen molar-refractivity contribution in [3.63, 3.8) is 0 Å². The molecule has 0 aliphatic carbocycles. The van der Waals surface area contributed by atoms with Crippen LogP contribution in [-0.2, 0) is 42.9 Å². The average Bonchev–Trinajstić information content (AvgIpc) is 3.42. The van der Waals surface area contributed by atoms with Crippen LogP contribution in [0.5, 0.6) is 5.75 Å². The molecule has 224 valence electrons. The number of benzene rings is 2. The lowest BCUT2D eigenvalue weighted by Crippen LogP contribution is -2.60. The molecule has 0 spiro atoms. The molecule has 0 radical (unpaired) electrons. The van der Waals surface area contributed by atoms with Gasteiger partial charge in [-0.2, -0.15) is 0 Å². The van der Waals surface area contributed by atoms with Gasteiger partial charge in [0.15, 0.2) is 30.3 Å². The summed E-state index contributed by atoms with van der Waals surface area (Å²) in [6.07, 6.45) is -6.98. The molecule has 13 heteroatoms. The summed E-state index contributed by atoms with van der Waals surface area (Å²) in [7, 11) is 0. The maximum atomic E-state index is 13.6. The Hall–Kier alpha value is -5.04. The van der Waals surface area contributed by atoms with Crippen molar-refractivity contribution in [2.45, 2.75) is 58.3 Å². The molecule has 1 saturated heterocycles. The Labute approximate surface area is 244 Å². The predicted molar refractivity (Wildman–Crippen MR) is 148 cm³/mol. The third-order valence-electron chi connectivity index (χ3n) is 6.93. The number of ether oxygens (including phenoxy) is 5. The summed E-state index contributed by atoms with van der Waals surface area (Å²) in [5.41, 5.74) is 0.893. The van der Waals surface area contributed by atoms with Gasteiger partial charge in [-0.05, 0) is 24.3 Å². The SMILES string of the molecule is CC(=O)OC[C@H]1O[C@H](n2c(C3=Nc4ccccc4C3=O)c(O)c3ccccc32)[C@H](OC(C)=O)[C@@H](OC(C)=O)[C@@H]1OC(C)=O. The third-order valence-corrected chi connectivity index (χ3v) is 6.93. The van der Waals surface area contributed by atoms with Crippen LogP contribution < -0.4 is 0 Å². The zero-order valence-electron chi connectivity index (χ0n) is 23.6. The summed E-state index contributed by atoms with van der Waals surface area (Å²) in [4.78, 5) is 66.7. The number of carbonyl (C=O) groups is 5. The Balaban J connectivity index is 1.75. The van der Waals surface area contributed by atoms with Gasteiger partial charge < -0.3 is 33.4 Å². The number of nitrogens with zero attached hydrogens (tertiary/aromatic N) is 2. The van der Waals surface area contributed by atoms with E-state index in [1.807, 2.05) is 0 Å². The molecule has 43 heavy (non-hydrogen) atoms. The van der Waals surface area contributed by atoms with Crippen LogP contribution in [-0.4, -0.2) is 76.1 Å². The number of aromatic nitrogens is 1. The van der Waals surface area contributed by atoms with E-state index in [1.54, 1.807) is 48.5 Å². The average molecular weight is 593 g/mol. The Morgan fingerprint density at radius 3 is 2.09 bits per heavy atom. The van der Waals surface area contributed by atoms with Crippen molar-refractivity contribution in [2.75, 3.05) is 6.61 Å². The minimum absolute atomic E-state index is 0.0525. The Kier molecular flexibility index (Phi) is 8.00. The maximum absolute atomic E-state index is 13.6. The molecule has 2 aromatic carbocycles. The molecule has 5 atom stereocenters. The van der Waals surface area contributed by atoms with Gasteiger partial charge in [0.2, 0.25) is 5.78 Å². The van der Waals surface area contributed by atoms with Gasteiger partial charge in [0.25, 0.3) is 0 Å². The van der Waals surface area contributed by atoms with Crippen molar-refractivity contribution in [3.8, 4) is 5.75 Å². The van der Waals surface area contributed by atoms with E-state index in [9.17, 15) is 29.1 Å². The third kappa shape index (κ3) is 5.58. The van der Waals surface area contributed by atoms with Gasteiger partial charge in [0.05, 0.1) is 11.2 Å². The highest BCUT2D eigenvalue weighted by atomic mass is 16.7. The van der Waals surface area contributed by atoms with E-state index in [0.717, 1.165) is 20.8 Å². The molecular formula is C30H28N2O11. The standard InChI is InChI=1S/C30H28N2O11/c1-14(33)39-13-22-27(40-15(2)34)28(41-16(3)35)29(42-17(4)36)30(43-22)32-21-12-8-6-10-19(21)26(38)24(32)23-25(37)18-9-5-7-11-20(18)31-23/h5-12,22,27-30,38H,13H2,1-4H3/t22-,27-,28+,29-,30+/m1/s1. The highest BCUT2D eigenvalue weighted by Crippen LogP contribution is 2.43. The second kappa shape index (κ2) is 11.7. The summed E-state index contributed by atoms with van der Waals surface area (Å²) >= 11 is 0. The van der Waals surface area contributed by atoms with Crippen LogP contribution in [0.15, 0.2) is 53.5 Å². The molecule has 13 nitrogen and oxygen atoms in total.